The number of aromatic hydroxyl groups is 1. The van der Waals surface area contributed by atoms with E-state index in [0.29, 0.717) is 16.8 Å². The van der Waals surface area contributed by atoms with Gasteiger partial charge in [-0.25, -0.2) is 4.39 Å². The molecule has 0 saturated heterocycles. The number of nitrogens with one attached hydrogen (secondary N) is 1. The highest BCUT2D eigenvalue weighted by atomic mass is 79.9. The van der Waals surface area contributed by atoms with Gasteiger partial charge in [0.25, 0.3) is 0 Å². The van der Waals surface area contributed by atoms with E-state index in [1.165, 1.54) is 13.2 Å². The molecule has 106 valence electrons. The molecule has 0 saturated carbocycles. The third-order valence-electron chi connectivity index (χ3n) is 2.99. The molecule has 3 nitrogen and oxygen atoms in total. The molecule has 0 aliphatic rings. The molecule has 5 heteroatoms. The van der Waals surface area contributed by atoms with E-state index >= 15 is 0 Å². The summed E-state index contributed by atoms with van der Waals surface area (Å²) >= 11 is 3.15. The number of aryl methyl sites for hydroxylation is 1. The van der Waals surface area contributed by atoms with Crippen molar-refractivity contribution in [3.63, 3.8) is 0 Å². The summed E-state index contributed by atoms with van der Waals surface area (Å²) < 4.78 is 18.9. The fourth-order valence-electron chi connectivity index (χ4n) is 1.88. The van der Waals surface area contributed by atoms with E-state index in [9.17, 15) is 9.50 Å². The van der Waals surface area contributed by atoms with Crippen LogP contribution in [0.25, 0.3) is 0 Å². The molecule has 2 rings (SSSR count). The maximum absolute atomic E-state index is 13.5. The van der Waals surface area contributed by atoms with Gasteiger partial charge in [-0.3, -0.25) is 0 Å². The summed E-state index contributed by atoms with van der Waals surface area (Å²) in [4.78, 5) is 0. The number of ether oxygens (including phenoxy) is 1. The SMILES string of the molecule is COc1ccc(CNc2cc(F)c(Br)cc2C)cc1O. The summed E-state index contributed by atoms with van der Waals surface area (Å²) in [5.74, 6) is 0.209. The van der Waals surface area contributed by atoms with Crippen LogP contribution in [0.3, 0.4) is 0 Å². The van der Waals surface area contributed by atoms with Gasteiger partial charge >= 0.3 is 0 Å². The molecule has 0 aliphatic heterocycles. The van der Waals surface area contributed by atoms with Crippen molar-refractivity contribution < 1.29 is 14.2 Å². The molecule has 0 fully saturated rings. The van der Waals surface area contributed by atoms with Crippen molar-refractivity contribution >= 4 is 21.6 Å². The average molecular weight is 340 g/mol. The van der Waals surface area contributed by atoms with Gasteiger partial charge in [0.1, 0.15) is 5.82 Å². The lowest BCUT2D eigenvalue weighted by Gasteiger charge is -2.11. The predicted molar refractivity (Wildman–Crippen MR) is 80.8 cm³/mol. The van der Waals surface area contributed by atoms with Crippen LogP contribution in [-0.2, 0) is 6.54 Å². The first kappa shape index (κ1) is 14.7. The third kappa shape index (κ3) is 3.22. The van der Waals surface area contributed by atoms with Gasteiger partial charge in [-0.2, -0.15) is 0 Å². The van der Waals surface area contributed by atoms with Crippen molar-refractivity contribution in [3.05, 3.63) is 51.7 Å². The Bertz CT molecular complexity index is 632. The average Bonchev–Trinajstić information content (AvgIpc) is 2.41. The van der Waals surface area contributed by atoms with E-state index in [1.54, 1.807) is 18.2 Å². The van der Waals surface area contributed by atoms with Gasteiger partial charge in [-0.15, -0.1) is 0 Å². The van der Waals surface area contributed by atoms with Crippen LogP contribution in [0.1, 0.15) is 11.1 Å². The molecule has 2 N–H and O–H groups in total. The van der Waals surface area contributed by atoms with Crippen molar-refractivity contribution in [2.45, 2.75) is 13.5 Å². The van der Waals surface area contributed by atoms with Crippen LogP contribution in [0.2, 0.25) is 0 Å². The zero-order valence-corrected chi connectivity index (χ0v) is 12.8. The molecule has 0 radical (unpaired) electrons. The minimum absolute atomic E-state index is 0.0884. The van der Waals surface area contributed by atoms with Crippen LogP contribution >= 0.6 is 15.9 Å². The number of hydrogen-bond donors (Lipinski definition) is 2. The molecule has 0 bridgehead atoms. The van der Waals surface area contributed by atoms with Gasteiger partial charge in [0.2, 0.25) is 0 Å². The zero-order valence-electron chi connectivity index (χ0n) is 11.2. The molecule has 0 aromatic heterocycles. The number of anilines is 1. The Balaban J connectivity index is 2.13. The first-order valence-electron chi connectivity index (χ1n) is 6.06. The zero-order chi connectivity index (χ0) is 14.7. The molecule has 0 spiro atoms. The Morgan fingerprint density at radius 2 is 2.05 bits per heavy atom. The molecule has 0 unspecified atom stereocenters. The monoisotopic (exact) mass is 339 g/mol. The molecule has 20 heavy (non-hydrogen) atoms. The minimum atomic E-state index is -0.310. The first-order chi connectivity index (χ1) is 9.51. The van der Waals surface area contributed by atoms with E-state index in [-0.39, 0.29) is 11.6 Å². The molecular formula is C15H15BrFNO2. The van der Waals surface area contributed by atoms with Crippen LogP contribution in [0.15, 0.2) is 34.8 Å². The topological polar surface area (TPSA) is 41.5 Å². The number of halogens is 2. The lowest BCUT2D eigenvalue weighted by molar-refractivity contribution is 0.373. The third-order valence-corrected chi connectivity index (χ3v) is 3.60. The number of methoxy groups -OCH3 is 1. The molecule has 0 atom stereocenters. The van der Waals surface area contributed by atoms with E-state index in [1.807, 2.05) is 13.0 Å². The van der Waals surface area contributed by atoms with Crippen LogP contribution in [-0.4, -0.2) is 12.2 Å². The summed E-state index contributed by atoms with van der Waals surface area (Å²) in [5, 5.41) is 12.9. The molecule has 0 aliphatic carbocycles. The first-order valence-corrected chi connectivity index (χ1v) is 6.86. The van der Waals surface area contributed by atoms with Gasteiger partial charge in [0, 0.05) is 12.2 Å². The van der Waals surface area contributed by atoms with Crippen LogP contribution in [0.5, 0.6) is 11.5 Å². The van der Waals surface area contributed by atoms with E-state index in [0.717, 1.165) is 16.8 Å². The molecule has 0 heterocycles. The van der Waals surface area contributed by atoms with Crippen LogP contribution < -0.4 is 10.1 Å². The number of hydrogen-bond acceptors (Lipinski definition) is 3. The van der Waals surface area contributed by atoms with Crippen molar-refractivity contribution in [2.75, 3.05) is 12.4 Å². The van der Waals surface area contributed by atoms with Gasteiger partial charge in [0.15, 0.2) is 11.5 Å². The molecule has 2 aromatic rings. The van der Waals surface area contributed by atoms with Gasteiger partial charge < -0.3 is 15.2 Å². The summed E-state index contributed by atoms with van der Waals surface area (Å²) in [6, 6.07) is 8.33. The van der Waals surface area contributed by atoms with E-state index < -0.39 is 0 Å². The second-order valence-corrected chi connectivity index (χ2v) is 5.30. The smallest absolute Gasteiger partial charge is 0.160 e. The normalized spacial score (nSPS) is 10.4. The van der Waals surface area contributed by atoms with Crippen molar-refractivity contribution in [3.8, 4) is 11.5 Å². The second-order valence-electron chi connectivity index (χ2n) is 4.44. The second kappa shape index (κ2) is 6.13. The largest absolute Gasteiger partial charge is 0.504 e. The summed E-state index contributed by atoms with van der Waals surface area (Å²) in [6.45, 7) is 2.39. The minimum Gasteiger partial charge on any atom is -0.504 e. The van der Waals surface area contributed by atoms with Crippen LogP contribution in [0, 0.1) is 12.7 Å². The van der Waals surface area contributed by atoms with E-state index in [2.05, 4.69) is 21.2 Å². The van der Waals surface area contributed by atoms with E-state index in [4.69, 9.17) is 4.74 Å². The maximum atomic E-state index is 13.5. The highest BCUT2D eigenvalue weighted by Crippen LogP contribution is 2.28. The van der Waals surface area contributed by atoms with Crippen LogP contribution in [0.4, 0.5) is 10.1 Å². The lowest BCUT2D eigenvalue weighted by Crippen LogP contribution is -2.02. The highest BCUT2D eigenvalue weighted by Gasteiger charge is 2.06. The summed E-state index contributed by atoms with van der Waals surface area (Å²) in [7, 11) is 1.50. The van der Waals surface area contributed by atoms with Gasteiger partial charge in [-0.1, -0.05) is 6.07 Å². The predicted octanol–water partition coefficient (Wildman–Crippen LogP) is 4.22. The Morgan fingerprint density at radius 1 is 1.30 bits per heavy atom. The van der Waals surface area contributed by atoms with Crippen molar-refractivity contribution in [1.82, 2.24) is 0 Å². The summed E-state index contributed by atoms with van der Waals surface area (Å²) in [5.41, 5.74) is 2.54. The van der Waals surface area contributed by atoms with Gasteiger partial charge in [-0.05, 0) is 58.2 Å². The number of phenols is 1. The molecule has 0 amide bonds. The Hall–Kier alpha value is -1.75. The number of benzene rings is 2. The summed E-state index contributed by atoms with van der Waals surface area (Å²) in [6.07, 6.45) is 0. The highest BCUT2D eigenvalue weighted by molar-refractivity contribution is 9.10. The standard InChI is InChI=1S/C15H15BrFNO2/c1-9-5-11(16)12(17)7-13(9)18-8-10-3-4-15(20-2)14(19)6-10/h3-7,18-19H,8H2,1-2H3. The fourth-order valence-corrected chi connectivity index (χ4v) is 2.34. The Labute approximate surface area is 125 Å². The lowest BCUT2D eigenvalue weighted by atomic mass is 10.1. The number of phenolic OH excluding ortho intramolecular Hbond substituents is 1. The van der Waals surface area contributed by atoms with Crippen molar-refractivity contribution in [1.29, 1.82) is 0 Å². The quantitative estimate of drug-likeness (QED) is 0.876. The van der Waals surface area contributed by atoms with Crippen molar-refractivity contribution in [2.24, 2.45) is 0 Å². The number of rotatable bonds is 4. The Morgan fingerprint density at radius 3 is 2.70 bits per heavy atom. The fraction of sp³-hybridized carbons (Fsp3) is 0.200. The molecular weight excluding hydrogens is 325 g/mol. The molecule has 2 aromatic carbocycles. The Kier molecular flexibility index (Phi) is 4.49. The maximum Gasteiger partial charge on any atom is 0.160 e. The van der Waals surface area contributed by atoms with Gasteiger partial charge in [0.05, 0.1) is 11.6 Å².